The van der Waals surface area contributed by atoms with Crippen molar-refractivity contribution in [3.05, 3.63) is 24.2 Å². The van der Waals surface area contributed by atoms with Crippen molar-refractivity contribution in [1.82, 2.24) is 0 Å². The van der Waals surface area contributed by atoms with Gasteiger partial charge in [-0.25, -0.2) is 0 Å². The molecule has 0 spiro atoms. The van der Waals surface area contributed by atoms with Gasteiger partial charge in [-0.2, -0.15) is 0 Å². The molecule has 0 aromatic rings. The third-order valence-corrected chi connectivity index (χ3v) is 0.984. The predicted octanol–water partition coefficient (Wildman–Crippen LogP) is 0.379. The molecule has 0 bridgehead atoms. The van der Waals surface area contributed by atoms with Gasteiger partial charge >= 0.3 is 0 Å². The van der Waals surface area contributed by atoms with E-state index in [1.165, 1.54) is 19.4 Å². The maximum absolute atomic E-state index is 8.71. The molecule has 1 aliphatic heterocycles. The van der Waals surface area contributed by atoms with Gasteiger partial charge in [-0.05, 0) is 12.2 Å². The molecule has 1 heterocycles. The summed E-state index contributed by atoms with van der Waals surface area (Å²) in [6.07, 6.45) is 3.70. The molecule has 1 aliphatic rings. The summed E-state index contributed by atoms with van der Waals surface area (Å²) in [7, 11) is 1.54. The van der Waals surface area contributed by atoms with Crippen LogP contribution in [0.2, 0.25) is 0 Å². The Labute approximate surface area is 53.2 Å². The van der Waals surface area contributed by atoms with Crippen molar-refractivity contribution in [1.29, 1.82) is 0 Å². The van der Waals surface area contributed by atoms with Crippen molar-refractivity contribution in [3.63, 3.8) is 0 Å². The molecular formula is C6H8O3. The van der Waals surface area contributed by atoms with Gasteiger partial charge < -0.3 is 14.6 Å². The molecule has 9 heavy (non-hydrogen) atoms. The molecule has 0 fully saturated rings. The Kier molecular flexibility index (Phi) is 1.75. The number of rotatable bonds is 1. The Morgan fingerprint density at radius 2 is 2.56 bits per heavy atom. The highest BCUT2D eigenvalue weighted by Gasteiger charge is 2.03. The van der Waals surface area contributed by atoms with Gasteiger partial charge in [-0.1, -0.05) is 0 Å². The average molecular weight is 128 g/mol. The minimum atomic E-state index is -0.816. The van der Waals surface area contributed by atoms with Crippen LogP contribution in [0.25, 0.3) is 0 Å². The van der Waals surface area contributed by atoms with Crippen molar-refractivity contribution in [2.75, 3.05) is 7.11 Å². The fraction of sp³-hybridized carbons (Fsp3) is 0.333. The van der Waals surface area contributed by atoms with E-state index in [0.717, 1.165) is 0 Å². The molecule has 3 nitrogen and oxygen atoms in total. The lowest BCUT2D eigenvalue weighted by molar-refractivity contribution is -0.0189. The number of ether oxygens (including phenoxy) is 2. The van der Waals surface area contributed by atoms with Gasteiger partial charge in [-0.15, -0.1) is 0 Å². The topological polar surface area (TPSA) is 38.7 Å². The molecule has 1 N–H and O–H groups in total. The van der Waals surface area contributed by atoms with Gasteiger partial charge in [0.2, 0.25) is 6.29 Å². The minimum absolute atomic E-state index is 0.611. The molecule has 1 atom stereocenters. The SMILES string of the molecule is COC1=COC(O)C=C1. The van der Waals surface area contributed by atoms with E-state index in [9.17, 15) is 0 Å². The molecule has 0 radical (unpaired) electrons. The fourth-order valence-corrected chi connectivity index (χ4v) is 0.515. The molecule has 0 aromatic carbocycles. The van der Waals surface area contributed by atoms with Crippen molar-refractivity contribution < 1.29 is 14.6 Å². The van der Waals surface area contributed by atoms with E-state index in [-0.39, 0.29) is 0 Å². The van der Waals surface area contributed by atoms with Gasteiger partial charge in [0.1, 0.15) is 6.26 Å². The first kappa shape index (κ1) is 6.16. The number of aliphatic hydroxyl groups is 1. The second-order valence-electron chi connectivity index (χ2n) is 1.61. The molecule has 0 saturated heterocycles. The smallest absolute Gasteiger partial charge is 0.216 e. The van der Waals surface area contributed by atoms with E-state index >= 15 is 0 Å². The number of allylic oxidation sites excluding steroid dienone is 1. The predicted molar refractivity (Wildman–Crippen MR) is 31.3 cm³/mol. The Morgan fingerprint density at radius 1 is 1.78 bits per heavy atom. The first-order valence-electron chi connectivity index (χ1n) is 2.59. The van der Waals surface area contributed by atoms with Crippen molar-refractivity contribution in [3.8, 4) is 0 Å². The highest BCUT2D eigenvalue weighted by atomic mass is 16.6. The van der Waals surface area contributed by atoms with Crippen LogP contribution in [0.5, 0.6) is 0 Å². The first-order valence-corrected chi connectivity index (χ1v) is 2.59. The lowest BCUT2D eigenvalue weighted by Gasteiger charge is -2.10. The van der Waals surface area contributed by atoms with E-state index in [0.29, 0.717) is 5.76 Å². The van der Waals surface area contributed by atoms with Gasteiger partial charge in [0.25, 0.3) is 0 Å². The Hall–Kier alpha value is -0.960. The average Bonchev–Trinajstić information content (AvgIpc) is 1.90. The van der Waals surface area contributed by atoms with E-state index in [4.69, 9.17) is 9.84 Å². The third kappa shape index (κ3) is 1.47. The Balaban J connectivity index is 2.52. The van der Waals surface area contributed by atoms with E-state index < -0.39 is 6.29 Å². The lowest BCUT2D eigenvalue weighted by atomic mass is 10.4. The summed E-state index contributed by atoms with van der Waals surface area (Å²) in [4.78, 5) is 0. The second-order valence-corrected chi connectivity index (χ2v) is 1.61. The van der Waals surface area contributed by atoms with E-state index in [1.807, 2.05) is 0 Å². The molecule has 50 valence electrons. The zero-order valence-corrected chi connectivity index (χ0v) is 5.07. The minimum Gasteiger partial charge on any atom is -0.494 e. The summed E-state index contributed by atoms with van der Waals surface area (Å²) < 4.78 is 9.44. The summed E-state index contributed by atoms with van der Waals surface area (Å²) in [5.41, 5.74) is 0. The van der Waals surface area contributed by atoms with Gasteiger partial charge in [0.05, 0.1) is 7.11 Å². The summed E-state index contributed by atoms with van der Waals surface area (Å²) in [6, 6.07) is 0. The summed E-state index contributed by atoms with van der Waals surface area (Å²) >= 11 is 0. The molecule has 0 aliphatic carbocycles. The van der Waals surface area contributed by atoms with Crippen LogP contribution in [0.1, 0.15) is 0 Å². The quantitative estimate of drug-likeness (QED) is 0.554. The van der Waals surface area contributed by atoms with Crippen molar-refractivity contribution in [2.45, 2.75) is 6.29 Å². The Bertz CT molecular complexity index is 148. The maximum atomic E-state index is 8.71. The summed E-state index contributed by atoms with van der Waals surface area (Å²) in [6.45, 7) is 0. The van der Waals surface area contributed by atoms with Crippen LogP contribution >= 0.6 is 0 Å². The summed E-state index contributed by atoms with van der Waals surface area (Å²) in [5.74, 6) is 0.611. The number of hydrogen-bond donors (Lipinski definition) is 1. The van der Waals surface area contributed by atoms with E-state index in [1.54, 1.807) is 6.08 Å². The largest absolute Gasteiger partial charge is 0.494 e. The van der Waals surface area contributed by atoms with Crippen LogP contribution in [-0.4, -0.2) is 18.5 Å². The Morgan fingerprint density at radius 3 is 3.00 bits per heavy atom. The van der Waals surface area contributed by atoms with Crippen LogP contribution in [0.15, 0.2) is 24.2 Å². The van der Waals surface area contributed by atoms with Crippen LogP contribution in [0.3, 0.4) is 0 Å². The zero-order valence-electron chi connectivity index (χ0n) is 5.07. The molecule has 0 saturated carbocycles. The maximum Gasteiger partial charge on any atom is 0.216 e. The zero-order chi connectivity index (χ0) is 6.69. The molecule has 0 aromatic heterocycles. The highest BCUT2D eigenvalue weighted by molar-refractivity contribution is 5.13. The van der Waals surface area contributed by atoms with Gasteiger partial charge in [0, 0.05) is 0 Å². The number of methoxy groups -OCH3 is 1. The molecular weight excluding hydrogens is 120 g/mol. The monoisotopic (exact) mass is 128 g/mol. The highest BCUT2D eigenvalue weighted by Crippen LogP contribution is 2.06. The molecule has 0 amide bonds. The molecule has 1 unspecified atom stereocenters. The van der Waals surface area contributed by atoms with Crippen LogP contribution in [-0.2, 0) is 9.47 Å². The van der Waals surface area contributed by atoms with E-state index in [2.05, 4.69) is 4.74 Å². The normalized spacial score (nSPS) is 24.7. The van der Waals surface area contributed by atoms with Crippen molar-refractivity contribution in [2.24, 2.45) is 0 Å². The van der Waals surface area contributed by atoms with Gasteiger partial charge in [0.15, 0.2) is 5.76 Å². The number of aliphatic hydroxyl groups excluding tert-OH is 1. The lowest BCUT2D eigenvalue weighted by Crippen LogP contribution is -2.07. The van der Waals surface area contributed by atoms with Crippen molar-refractivity contribution >= 4 is 0 Å². The van der Waals surface area contributed by atoms with Crippen LogP contribution in [0.4, 0.5) is 0 Å². The van der Waals surface area contributed by atoms with Crippen LogP contribution < -0.4 is 0 Å². The number of hydrogen-bond acceptors (Lipinski definition) is 3. The molecule has 1 rings (SSSR count). The van der Waals surface area contributed by atoms with Crippen LogP contribution in [0, 0.1) is 0 Å². The third-order valence-electron chi connectivity index (χ3n) is 0.984. The summed E-state index contributed by atoms with van der Waals surface area (Å²) in [5, 5.41) is 8.71. The molecule has 3 heteroatoms. The second kappa shape index (κ2) is 2.55. The van der Waals surface area contributed by atoms with Gasteiger partial charge in [-0.3, -0.25) is 0 Å². The standard InChI is InChI=1S/C6H8O3/c1-8-5-2-3-6(7)9-4-5/h2-4,6-7H,1H3. The fourth-order valence-electron chi connectivity index (χ4n) is 0.515. The first-order chi connectivity index (χ1) is 4.33.